The second kappa shape index (κ2) is 5.18. The van der Waals surface area contributed by atoms with E-state index in [1.165, 1.54) is 0 Å². The number of para-hydroxylation sites is 2. The molecule has 0 bridgehead atoms. The van der Waals surface area contributed by atoms with Crippen LogP contribution in [-0.2, 0) is 13.0 Å². The van der Waals surface area contributed by atoms with Crippen molar-refractivity contribution in [3.05, 3.63) is 65.5 Å². The van der Waals surface area contributed by atoms with E-state index in [0.717, 1.165) is 35.4 Å². The molecule has 2 aromatic carbocycles. The zero-order valence-electron chi connectivity index (χ0n) is 11.4. The van der Waals surface area contributed by atoms with Crippen molar-refractivity contribution in [2.45, 2.75) is 19.9 Å². The zero-order chi connectivity index (χ0) is 13.9. The Hall–Kier alpha value is -2.60. The summed E-state index contributed by atoms with van der Waals surface area (Å²) < 4.78 is 2.23. The van der Waals surface area contributed by atoms with Crippen molar-refractivity contribution in [1.29, 1.82) is 5.26 Å². The van der Waals surface area contributed by atoms with Crippen molar-refractivity contribution < 1.29 is 0 Å². The average Bonchev–Trinajstić information content (AvgIpc) is 2.85. The summed E-state index contributed by atoms with van der Waals surface area (Å²) in [5.74, 6) is 1.08. The molecule has 1 heterocycles. The SMILES string of the molecule is CCc1nc2ccccc2n1Cc1cccc(C#N)c1. The Morgan fingerprint density at radius 1 is 1.15 bits per heavy atom. The predicted octanol–water partition coefficient (Wildman–Crippen LogP) is 3.52. The summed E-state index contributed by atoms with van der Waals surface area (Å²) >= 11 is 0. The molecule has 20 heavy (non-hydrogen) atoms. The number of benzene rings is 2. The molecule has 0 fully saturated rings. The van der Waals surface area contributed by atoms with E-state index in [1.807, 2.05) is 36.4 Å². The Kier molecular flexibility index (Phi) is 3.22. The van der Waals surface area contributed by atoms with Crippen molar-refractivity contribution in [2.75, 3.05) is 0 Å². The van der Waals surface area contributed by atoms with Gasteiger partial charge in [-0.2, -0.15) is 5.26 Å². The van der Waals surface area contributed by atoms with Crippen LogP contribution in [-0.4, -0.2) is 9.55 Å². The summed E-state index contributed by atoms with van der Waals surface area (Å²) in [4.78, 5) is 4.67. The molecular weight excluding hydrogens is 246 g/mol. The number of aromatic nitrogens is 2. The molecule has 3 aromatic rings. The summed E-state index contributed by atoms with van der Waals surface area (Å²) in [6.07, 6.45) is 0.895. The van der Waals surface area contributed by atoms with Gasteiger partial charge in [0.1, 0.15) is 5.82 Å². The lowest BCUT2D eigenvalue weighted by atomic mass is 10.1. The van der Waals surface area contributed by atoms with Crippen molar-refractivity contribution in [2.24, 2.45) is 0 Å². The van der Waals surface area contributed by atoms with Crippen LogP contribution in [0.5, 0.6) is 0 Å². The number of hydrogen-bond donors (Lipinski definition) is 0. The Labute approximate surface area is 118 Å². The van der Waals surface area contributed by atoms with Gasteiger partial charge >= 0.3 is 0 Å². The smallest absolute Gasteiger partial charge is 0.109 e. The van der Waals surface area contributed by atoms with Crippen LogP contribution in [0.1, 0.15) is 23.9 Å². The third-order valence-electron chi connectivity index (χ3n) is 3.45. The predicted molar refractivity (Wildman–Crippen MR) is 79.4 cm³/mol. The maximum absolute atomic E-state index is 8.99. The second-order valence-electron chi connectivity index (χ2n) is 4.77. The molecule has 0 saturated carbocycles. The molecule has 3 rings (SSSR count). The highest BCUT2D eigenvalue weighted by Crippen LogP contribution is 2.18. The lowest BCUT2D eigenvalue weighted by Gasteiger charge is -2.08. The monoisotopic (exact) mass is 261 g/mol. The first-order chi connectivity index (χ1) is 9.81. The Bertz CT molecular complexity index is 793. The number of nitrogens with zero attached hydrogens (tertiary/aromatic N) is 3. The summed E-state index contributed by atoms with van der Waals surface area (Å²) in [5, 5.41) is 8.99. The van der Waals surface area contributed by atoms with E-state index in [0.29, 0.717) is 5.56 Å². The van der Waals surface area contributed by atoms with Crippen LogP contribution in [0.15, 0.2) is 48.5 Å². The van der Waals surface area contributed by atoms with Gasteiger partial charge in [-0.05, 0) is 29.8 Å². The molecule has 3 nitrogen and oxygen atoms in total. The van der Waals surface area contributed by atoms with E-state index in [2.05, 4.69) is 34.7 Å². The molecule has 0 spiro atoms. The zero-order valence-corrected chi connectivity index (χ0v) is 11.4. The standard InChI is InChI=1S/C17H15N3/c1-2-17-19-15-8-3-4-9-16(15)20(17)12-14-7-5-6-13(10-14)11-18/h3-10H,2,12H2,1H3. The molecule has 0 amide bonds. The topological polar surface area (TPSA) is 41.6 Å². The van der Waals surface area contributed by atoms with E-state index in [9.17, 15) is 0 Å². The van der Waals surface area contributed by atoms with E-state index >= 15 is 0 Å². The summed E-state index contributed by atoms with van der Waals surface area (Å²) in [7, 11) is 0. The highest BCUT2D eigenvalue weighted by molar-refractivity contribution is 5.76. The molecule has 0 aliphatic carbocycles. The maximum Gasteiger partial charge on any atom is 0.109 e. The minimum atomic E-state index is 0.699. The van der Waals surface area contributed by atoms with Gasteiger partial charge in [-0.15, -0.1) is 0 Å². The number of nitriles is 1. The minimum absolute atomic E-state index is 0.699. The molecule has 1 aromatic heterocycles. The fourth-order valence-corrected chi connectivity index (χ4v) is 2.49. The summed E-state index contributed by atoms with van der Waals surface area (Å²) in [6, 6.07) is 18.1. The summed E-state index contributed by atoms with van der Waals surface area (Å²) in [6.45, 7) is 2.86. The minimum Gasteiger partial charge on any atom is -0.323 e. The van der Waals surface area contributed by atoms with E-state index < -0.39 is 0 Å². The first kappa shape index (κ1) is 12.4. The number of hydrogen-bond acceptors (Lipinski definition) is 2. The van der Waals surface area contributed by atoms with Gasteiger partial charge in [-0.1, -0.05) is 31.2 Å². The molecule has 0 N–H and O–H groups in total. The van der Waals surface area contributed by atoms with Crippen molar-refractivity contribution in [3.63, 3.8) is 0 Å². The van der Waals surface area contributed by atoms with E-state index in [4.69, 9.17) is 5.26 Å². The van der Waals surface area contributed by atoms with Gasteiger partial charge in [0.15, 0.2) is 0 Å². The fraction of sp³-hybridized carbons (Fsp3) is 0.176. The number of imidazole rings is 1. The molecule has 0 atom stereocenters. The van der Waals surface area contributed by atoms with Gasteiger partial charge in [0, 0.05) is 13.0 Å². The lowest BCUT2D eigenvalue weighted by Crippen LogP contribution is -2.04. The first-order valence-electron chi connectivity index (χ1n) is 6.75. The normalized spacial score (nSPS) is 10.6. The van der Waals surface area contributed by atoms with Crippen LogP contribution >= 0.6 is 0 Å². The molecule has 98 valence electrons. The van der Waals surface area contributed by atoms with Gasteiger partial charge in [0.25, 0.3) is 0 Å². The van der Waals surface area contributed by atoms with Gasteiger partial charge in [0.2, 0.25) is 0 Å². The molecule has 0 unspecified atom stereocenters. The van der Waals surface area contributed by atoms with Crippen LogP contribution in [0.2, 0.25) is 0 Å². The lowest BCUT2D eigenvalue weighted by molar-refractivity contribution is 0.753. The molecule has 0 aliphatic heterocycles. The summed E-state index contributed by atoms with van der Waals surface area (Å²) in [5.41, 5.74) is 4.00. The number of rotatable bonds is 3. The molecule has 0 radical (unpaired) electrons. The van der Waals surface area contributed by atoms with Gasteiger partial charge in [-0.25, -0.2) is 4.98 Å². The average molecular weight is 261 g/mol. The van der Waals surface area contributed by atoms with Crippen LogP contribution in [0.4, 0.5) is 0 Å². The van der Waals surface area contributed by atoms with Crippen molar-refractivity contribution in [1.82, 2.24) is 9.55 Å². The van der Waals surface area contributed by atoms with Crippen LogP contribution in [0.25, 0.3) is 11.0 Å². The maximum atomic E-state index is 8.99. The molecule has 0 aliphatic rings. The Morgan fingerprint density at radius 3 is 2.80 bits per heavy atom. The van der Waals surface area contributed by atoms with Crippen molar-refractivity contribution >= 4 is 11.0 Å². The first-order valence-corrected chi connectivity index (χ1v) is 6.75. The number of fused-ring (bicyclic) bond motifs is 1. The molecule has 0 saturated heterocycles. The van der Waals surface area contributed by atoms with Gasteiger partial charge in [-0.3, -0.25) is 0 Å². The van der Waals surface area contributed by atoms with Crippen LogP contribution in [0, 0.1) is 11.3 Å². The van der Waals surface area contributed by atoms with Crippen LogP contribution < -0.4 is 0 Å². The Morgan fingerprint density at radius 2 is 2.00 bits per heavy atom. The van der Waals surface area contributed by atoms with Gasteiger partial charge < -0.3 is 4.57 Å². The third kappa shape index (κ3) is 2.17. The highest BCUT2D eigenvalue weighted by Gasteiger charge is 2.09. The van der Waals surface area contributed by atoms with E-state index in [1.54, 1.807) is 0 Å². The van der Waals surface area contributed by atoms with E-state index in [-0.39, 0.29) is 0 Å². The fourth-order valence-electron chi connectivity index (χ4n) is 2.49. The molecule has 3 heteroatoms. The van der Waals surface area contributed by atoms with Crippen LogP contribution in [0.3, 0.4) is 0 Å². The van der Waals surface area contributed by atoms with Crippen molar-refractivity contribution in [3.8, 4) is 6.07 Å². The third-order valence-corrected chi connectivity index (χ3v) is 3.45. The highest BCUT2D eigenvalue weighted by atomic mass is 15.1. The quantitative estimate of drug-likeness (QED) is 0.724. The largest absolute Gasteiger partial charge is 0.323 e. The number of aryl methyl sites for hydroxylation is 1. The molecular formula is C17H15N3. The Balaban J connectivity index is 2.07. The van der Waals surface area contributed by atoms with Gasteiger partial charge in [0.05, 0.1) is 22.7 Å². The second-order valence-corrected chi connectivity index (χ2v) is 4.77.